The van der Waals surface area contributed by atoms with Gasteiger partial charge < -0.3 is 9.47 Å². The van der Waals surface area contributed by atoms with Gasteiger partial charge in [0, 0.05) is 45.5 Å². The molecule has 0 N–H and O–H groups in total. The van der Waals surface area contributed by atoms with E-state index in [1.54, 1.807) is 25.4 Å². The molecule has 222 valence electrons. The number of thiophene rings is 1. The van der Waals surface area contributed by atoms with Crippen LogP contribution in [0, 0.1) is 6.92 Å². The fourth-order valence-corrected chi connectivity index (χ4v) is 7.66. The lowest BCUT2D eigenvalue weighted by atomic mass is 9.96. The number of likely N-dealkylation sites (tertiary alicyclic amines) is 1. The molecule has 0 radical (unpaired) electrons. The maximum atomic E-state index is 14.2. The number of ketones is 2. The van der Waals surface area contributed by atoms with Crippen molar-refractivity contribution in [1.82, 2.24) is 4.90 Å². The zero-order valence-electron chi connectivity index (χ0n) is 25.2. The molecular formula is C36H39N2O4S+. The largest absolute Gasteiger partial charge is 0.496 e. The number of carbonyl (C=O) groups is 2. The van der Waals surface area contributed by atoms with Gasteiger partial charge in [0.15, 0.2) is 12.3 Å². The molecular weight excluding hydrogens is 556 g/mol. The molecule has 0 unspecified atom stereocenters. The number of hydrogen-bond acceptors (Lipinski definition) is 6. The monoisotopic (exact) mass is 595 g/mol. The molecule has 1 saturated heterocycles. The molecule has 2 aliphatic rings. The molecule has 7 heteroatoms. The van der Waals surface area contributed by atoms with Crippen molar-refractivity contribution in [1.29, 1.82) is 0 Å². The SMILES string of the molecule is COc1cc(C(=O)c2c(-c3ccc(OCCN4CCC[C@H]4C(C)=O)cc3)sc3cc(C)ccc23)ccc1C[N+]1=CCCC1. The molecule has 0 saturated carbocycles. The summed E-state index contributed by atoms with van der Waals surface area (Å²) in [4.78, 5) is 29.3. The van der Waals surface area contributed by atoms with Gasteiger partial charge >= 0.3 is 0 Å². The fourth-order valence-electron chi connectivity index (χ4n) is 6.35. The van der Waals surface area contributed by atoms with Gasteiger partial charge in [-0.25, -0.2) is 4.58 Å². The summed E-state index contributed by atoms with van der Waals surface area (Å²) < 4.78 is 15.2. The highest BCUT2D eigenvalue weighted by atomic mass is 32.1. The second-order valence-corrected chi connectivity index (χ2v) is 12.7. The van der Waals surface area contributed by atoms with Crippen LogP contribution in [-0.2, 0) is 11.3 Å². The number of rotatable bonds is 11. The summed E-state index contributed by atoms with van der Waals surface area (Å²) in [6.07, 6.45) is 6.54. The number of fused-ring (bicyclic) bond motifs is 1. The smallest absolute Gasteiger partial charge is 0.195 e. The third kappa shape index (κ3) is 6.29. The van der Waals surface area contributed by atoms with Crippen molar-refractivity contribution in [3.63, 3.8) is 0 Å². The van der Waals surface area contributed by atoms with Gasteiger partial charge in [0.25, 0.3) is 0 Å². The molecule has 3 heterocycles. The van der Waals surface area contributed by atoms with E-state index >= 15 is 0 Å². The predicted molar refractivity (Wildman–Crippen MR) is 173 cm³/mol. The Hall–Kier alpha value is -3.81. The number of ether oxygens (including phenoxy) is 2. The van der Waals surface area contributed by atoms with Crippen LogP contribution < -0.4 is 9.47 Å². The molecule has 0 spiro atoms. The standard InChI is InChI=1S/C36H39N2O4S/c1-24-8-15-30-33(21-24)43-36(26-11-13-29(14-12-26)42-20-19-38-18-6-7-31(38)25(2)39)34(30)35(40)27-9-10-28(32(22-27)41-3)23-37-16-4-5-17-37/h8-16,21-22,31H,4-7,17-20,23H2,1-3H3/q+1/t31-/m0/s1. The Balaban J connectivity index is 1.25. The van der Waals surface area contributed by atoms with E-state index in [4.69, 9.17) is 9.47 Å². The van der Waals surface area contributed by atoms with E-state index < -0.39 is 0 Å². The fraction of sp³-hybridized carbons (Fsp3) is 0.361. The first-order chi connectivity index (χ1) is 20.9. The Labute approximate surface area is 257 Å². The zero-order valence-corrected chi connectivity index (χ0v) is 26.0. The summed E-state index contributed by atoms with van der Waals surface area (Å²) in [5.74, 6) is 1.75. The zero-order chi connectivity index (χ0) is 29.9. The van der Waals surface area contributed by atoms with E-state index in [0.29, 0.717) is 12.2 Å². The average Bonchev–Trinajstić information content (AvgIpc) is 3.77. The second kappa shape index (κ2) is 12.8. The van der Waals surface area contributed by atoms with Crippen molar-refractivity contribution in [2.75, 3.05) is 33.4 Å². The number of Topliss-reactive ketones (excluding diaryl/α,β-unsaturated/α-hetero) is 1. The minimum atomic E-state index is -0.00588. The highest BCUT2D eigenvalue weighted by Crippen LogP contribution is 2.41. The second-order valence-electron chi connectivity index (χ2n) is 11.6. The van der Waals surface area contributed by atoms with Crippen molar-refractivity contribution in [2.24, 2.45) is 0 Å². The summed E-state index contributed by atoms with van der Waals surface area (Å²) in [5, 5.41) is 0.969. The molecule has 2 aliphatic heterocycles. The molecule has 1 fully saturated rings. The topological polar surface area (TPSA) is 58.9 Å². The number of nitrogens with zero attached hydrogens (tertiary/aromatic N) is 2. The number of benzene rings is 3. The molecule has 0 aliphatic carbocycles. The summed E-state index contributed by atoms with van der Waals surface area (Å²) in [6, 6.07) is 20.2. The lowest BCUT2D eigenvalue weighted by Crippen LogP contribution is -2.37. The van der Waals surface area contributed by atoms with E-state index in [1.807, 2.05) is 42.5 Å². The molecule has 6 nitrogen and oxygen atoms in total. The Morgan fingerprint density at radius 2 is 1.88 bits per heavy atom. The Bertz CT molecular complexity index is 1690. The van der Waals surface area contributed by atoms with E-state index in [2.05, 4.69) is 40.8 Å². The Morgan fingerprint density at radius 3 is 2.63 bits per heavy atom. The third-order valence-electron chi connectivity index (χ3n) is 8.63. The lowest BCUT2D eigenvalue weighted by Gasteiger charge is -2.22. The molecule has 6 rings (SSSR count). The van der Waals surface area contributed by atoms with Crippen molar-refractivity contribution >= 4 is 39.2 Å². The number of hydrogen-bond donors (Lipinski definition) is 0. The first-order valence-corrected chi connectivity index (χ1v) is 16.0. The summed E-state index contributed by atoms with van der Waals surface area (Å²) in [6.45, 7) is 7.80. The molecule has 0 bridgehead atoms. The van der Waals surface area contributed by atoms with Gasteiger partial charge in [0.2, 0.25) is 0 Å². The van der Waals surface area contributed by atoms with Crippen LogP contribution in [0.4, 0.5) is 0 Å². The minimum Gasteiger partial charge on any atom is -0.496 e. The summed E-state index contributed by atoms with van der Waals surface area (Å²) >= 11 is 1.65. The average molecular weight is 596 g/mol. The maximum Gasteiger partial charge on any atom is 0.195 e. The lowest BCUT2D eigenvalue weighted by molar-refractivity contribution is -0.532. The van der Waals surface area contributed by atoms with Gasteiger partial charge in [-0.15, -0.1) is 11.3 Å². The first kappa shape index (κ1) is 29.3. The Kier molecular flexibility index (Phi) is 8.73. The van der Waals surface area contributed by atoms with Gasteiger partial charge in [-0.1, -0.05) is 18.2 Å². The molecule has 1 aromatic heterocycles. The summed E-state index contributed by atoms with van der Waals surface area (Å²) in [5.41, 5.74) is 4.58. The van der Waals surface area contributed by atoms with Crippen molar-refractivity contribution in [2.45, 2.75) is 52.1 Å². The molecule has 43 heavy (non-hydrogen) atoms. The highest BCUT2D eigenvalue weighted by molar-refractivity contribution is 7.22. The van der Waals surface area contributed by atoms with Gasteiger partial charge in [0.05, 0.1) is 18.7 Å². The first-order valence-electron chi connectivity index (χ1n) is 15.2. The predicted octanol–water partition coefficient (Wildman–Crippen LogP) is 6.93. The van der Waals surface area contributed by atoms with Crippen LogP contribution >= 0.6 is 11.3 Å². The van der Waals surface area contributed by atoms with Gasteiger partial charge in [-0.2, -0.15) is 0 Å². The van der Waals surface area contributed by atoms with E-state index in [0.717, 1.165) is 94.2 Å². The van der Waals surface area contributed by atoms with Crippen LogP contribution in [0.15, 0.2) is 60.7 Å². The van der Waals surface area contributed by atoms with Gasteiger partial charge in [0.1, 0.15) is 36.6 Å². The molecule has 1 atom stereocenters. The van der Waals surface area contributed by atoms with E-state index in [9.17, 15) is 9.59 Å². The van der Waals surface area contributed by atoms with E-state index in [-0.39, 0.29) is 17.6 Å². The minimum absolute atomic E-state index is 0.00588. The maximum absolute atomic E-state index is 14.2. The van der Waals surface area contributed by atoms with Crippen molar-refractivity contribution in [3.8, 4) is 21.9 Å². The normalized spacial score (nSPS) is 16.9. The number of carbonyl (C=O) groups excluding carboxylic acids is 2. The van der Waals surface area contributed by atoms with Crippen LogP contribution in [0.2, 0.25) is 0 Å². The van der Waals surface area contributed by atoms with Crippen LogP contribution in [0.25, 0.3) is 20.5 Å². The molecule has 0 amide bonds. The molecule has 4 aromatic rings. The number of aryl methyl sites for hydroxylation is 1. The van der Waals surface area contributed by atoms with Crippen LogP contribution in [0.1, 0.15) is 59.7 Å². The highest BCUT2D eigenvalue weighted by Gasteiger charge is 2.28. The van der Waals surface area contributed by atoms with E-state index in [1.165, 1.54) is 6.42 Å². The quantitative estimate of drug-likeness (QED) is 0.139. The Morgan fingerprint density at radius 1 is 1.05 bits per heavy atom. The van der Waals surface area contributed by atoms with Gasteiger partial charge in [-0.3, -0.25) is 14.5 Å². The third-order valence-corrected chi connectivity index (χ3v) is 9.83. The number of methoxy groups -OCH3 is 1. The van der Waals surface area contributed by atoms with Gasteiger partial charge in [-0.05, 0) is 86.8 Å². The van der Waals surface area contributed by atoms with Crippen LogP contribution in [-0.4, -0.2) is 66.6 Å². The molecule has 3 aromatic carbocycles. The van der Waals surface area contributed by atoms with Crippen LogP contribution in [0.3, 0.4) is 0 Å². The van der Waals surface area contributed by atoms with Crippen LogP contribution in [0.5, 0.6) is 11.5 Å². The van der Waals surface area contributed by atoms with Crippen molar-refractivity contribution in [3.05, 3.63) is 82.9 Å². The van der Waals surface area contributed by atoms with Crippen molar-refractivity contribution < 1.29 is 23.6 Å². The summed E-state index contributed by atoms with van der Waals surface area (Å²) in [7, 11) is 1.67.